The van der Waals surface area contributed by atoms with Gasteiger partial charge < -0.3 is 9.67 Å². The SMILES string of the molecule is CCn1c(C(=O)O)cc2cc(F)c(Cl)cc21. The van der Waals surface area contributed by atoms with Gasteiger partial charge in [-0.2, -0.15) is 0 Å². The van der Waals surface area contributed by atoms with E-state index in [4.69, 9.17) is 16.7 Å². The normalized spacial score (nSPS) is 10.9. The fourth-order valence-corrected chi connectivity index (χ4v) is 1.93. The summed E-state index contributed by atoms with van der Waals surface area (Å²) >= 11 is 5.67. The number of nitrogens with zero attached hydrogens (tertiary/aromatic N) is 1. The molecule has 16 heavy (non-hydrogen) atoms. The van der Waals surface area contributed by atoms with Gasteiger partial charge in [-0.25, -0.2) is 9.18 Å². The van der Waals surface area contributed by atoms with Crippen LogP contribution < -0.4 is 0 Å². The highest BCUT2D eigenvalue weighted by Gasteiger charge is 2.15. The van der Waals surface area contributed by atoms with E-state index < -0.39 is 11.8 Å². The number of carboxylic acid groups (broad SMARTS) is 1. The van der Waals surface area contributed by atoms with Crippen LogP contribution in [0, 0.1) is 5.82 Å². The molecule has 0 atom stereocenters. The van der Waals surface area contributed by atoms with Crippen LogP contribution >= 0.6 is 11.6 Å². The third kappa shape index (κ3) is 1.55. The first kappa shape index (κ1) is 11.0. The van der Waals surface area contributed by atoms with Crippen molar-refractivity contribution >= 4 is 28.5 Å². The van der Waals surface area contributed by atoms with Crippen molar-refractivity contribution in [3.63, 3.8) is 0 Å². The highest BCUT2D eigenvalue weighted by atomic mass is 35.5. The number of aryl methyl sites for hydroxylation is 1. The Morgan fingerprint density at radius 1 is 1.50 bits per heavy atom. The summed E-state index contributed by atoms with van der Waals surface area (Å²) in [7, 11) is 0. The van der Waals surface area contributed by atoms with Gasteiger partial charge in [0.05, 0.1) is 10.5 Å². The molecule has 0 aliphatic rings. The number of benzene rings is 1. The number of aromatic nitrogens is 1. The average Bonchev–Trinajstić information content (AvgIpc) is 2.57. The lowest BCUT2D eigenvalue weighted by Gasteiger charge is -2.04. The molecule has 0 saturated carbocycles. The van der Waals surface area contributed by atoms with Crippen molar-refractivity contribution < 1.29 is 14.3 Å². The number of carboxylic acids is 1. The van der Waals surface area contributed by atoms with Crippen molar-refractivity contribution in [3.8, 4) is 0 Å². The lowest BCUT2D eigenvalue weighted by Crippen LogP contribution is -2.06. The maximum Gasteiger partial charge on any atom is 0.352 e. The molecule has 84 valence electrons. The summed E-state index contributed by atoms with van der Waals surface area (Å²) in [4.78, 5) is 11.0. The molecule has 0 radical (unpaired) electrons. The van der Waals surface area contributed by atoms with Crippen molar-refractivity contribution in [1.82, 2.24) is 4.57 Å². The Hall–Kier alpha value is -1.55. The van der Waals surface area contributed by atoms with E-state index in [1.165, 1.54) is 18.2 Å². The number of hydrogen-bond acceptors (Lipinski definition) is 1. The van der Waals surface area contributed by atoms with E-state index in [9.17, 15) is 9.18 Å². The molecule has 2 rings (SSSR count). The van der Waals surface area contributed by atoms with Gasteiger partial charge in [-0.1, -0.05) is 11.6 Å². The van der Waals surface area contributed by atoms with Gasteiger partial charge in [0.25, 0.3) is 0 Å². The maximum atomic E-state index is 13.2. The molecule has 0 unspecified atom stereocenters. The number of fused-ring (bicyclic) bond motifs is 1. The topological polar surface area (TPSA) is 42.2 Å². The molecule has 0 bridgehead atoms. The summed E-state index contributed by atoms with van der Waals surface area (Å²) in [5.41, 5.74) is 0.769. The van der Waals surface area contributed by atoms with E-state index in [1.807, 2.05) is 6.92 Å². The number of rotatable bonds is 2. The van der Waals surface area contributed by atoms with Crippen LogP contribution in [0.3, 0.4) is 0 Å². The Balaban J connectivity index is 2.82. The van der Waals surface area contributed by atoms with Crippen LogP contribution in [0.1, 0.15) is 17.4 Å². The summed E-state index contributed by atoms with van der Waals surface area (Å²) < 4.78 is 14.8. The molecule has 0 aliphatic heterocycles. The summed E-state index contributed by atoms with van der Waals surface area (Å²) in [6.07, 6.45) is 0. The smallest absolute Gasteiger partial charge is 0.352 e. The Morgan fingerprint density at radius 2 is 2.19 bits per heavy atom. The first-order chi connectivity index (χ1) is 7.54. The number of aromatic carboxylic acids is 1. The fraction of sp³-hybridized carbons (Fsp3) is 0.182. The van der Waals surface area contributed by atoms with Crippen molar-refractivity contribution in [2.24, 2.45) is 0 Å². The molecule has 2 aromatic rings. The van der Waals surface area contributed by atoms with Crippen molar-refractivity contribution in [2.75, 3.05) is 0 Å². The van der Waals surface area contributed by atoms with E-state index in [1.54, 1.807) is 4.57 Å². The van der Waals surface area contributed by atoms with Crippen molar-refractivity contribution in [2.45, 2.75) is 13.5 Å². The predicted molar refractivity (Wildman–Crippen MR) is 59.5 cm³/mol. The summed E-state index contributed by atoms with van der Waals surface area (Å²) in [5.74, 6) is -1.58. The van der Waals surface area contributed by atoms with Crippen LogP contribution in [0.4, 0.5) is 4.39 Å². The van der Waals surface area contributed by atoms with Crippen molar-refractivity contribution in [1.29, 1.82) is 0 Å². The standard InChI is InChI=1S/C11H9ClFNO2/c1-2-14-9-5-7(12)8(13)3-6(9)4-10(14)11(15)16/h3-5H,2H2,1H3,(H,15,16). The molecule has 0 saturated heterocycles. The molecule has 0 aliphatic carbocycles. The van der Waals surface area contributed by atoms with Gasteiger partial charge in [0, 0.05) is 11.9 Å². The van der Waals surface area contributed by atoms with Crippen LogP contribution in [-0.4, -0.2) is 15.6 Å². The third-order valence-corrected chi connectivity index (χ3v) is 2.77. The summed E-state index contributed by atoms with van der Waals surface area (Å²) in [5, 5.41) is 9.53. The van der Waals surface area contributed by atoms with E-state index in [-0.39, 0.29) is 10.7 Å². The Kier molecular flexibility index (Phi) is 2.59. The number of hydrogen-bond donors (Lipinski definition) is 1. The molecule has 1 N–H and O–H groups in total. The molecule has 0 fully saturated rings. The average molecular weight is 242 g/mol. The Labute approximate surface area is 96.1 Å². The Bertz CT molecular complexity index is 577. The predicted octanol–water partition coefficient (Wildman–Crippen LogP) is 3.15. The molecular formula is C11H9ClFNO2. The minimum Gasteiger partial charge on any atom is -0.477 e. The second-order valence-corrected chi connectivity index (χ2v) is 3.81. The van der Waals surface area contributed by atoms with Gasteiger partial charge in [0.1, 0.15) is 11.5 Å². The van der Waals surface area contributed by atoms with Crippen LogP contribution in [-0.2, 0) is 6.54 Å². The van der Waals surface area contributed by atoms with Crippen LogP contribution in [0.25, 0.3) is 10.9 Å². The van der Waals surface area contributed by atoms with E-state index in [0.29, 0.717) is 17.4 Å². The zero-order valence-electron chi connectivity index (χ0n) is 8.50. The van der Waals surface area contributed by atoms with E-state index in [2.05, 4.69) is 0 Å². The van der Waals surface area contributed by atoms with Gasteiger partial charge in [-0.15, -0.1) is 0 Å². The number of halogens is 2. The van der Waals surface area contributed by atoms with Gasteiger partial charge in [-0.3, -0.25) is 0 Å². The van der Waals surface area contributed by atoms with Crippen LogP contribution in [0.15, 0.2) is 18.2 Å². The van der Waals surface area contributed by atoms with Gasteiger partial charge in [0.15, 0.2) is 0 Å². The van der Waals surface area contributed by atoms with E-state index in [0.717, 1.165) is 0 Å². The minimum absolute atomic E-state index is 0.00256. The van der Waals surface area contributed by atoms with Gasteiger partial charge in [0.2, 0.25) is 0 Å². The fourth-order valence-electron chi connectivity index (χ4n) is 1.77. The van der Waals surface area contributed by atoms with E-state index >= 15 is 0 Å². The van der Waals surface area contributed by atoms with Crippen molar-refractivity contribution in [3.05, 3.63) is 34.7 Å². The molecule has 1 aromatic carbocycles. The summed E-state index contributed by atoms with van der Waals surface area (Å²) in [6, 6.07) is 4.14. The van der Waals surface area contributed by atoms with Gasteiger partial charge >= 0.3 is 5.97 Å². The molecular weight excluding hydrogens is 233 g/mol. The lowest BCUT2D eigenvalue weighted by molar-refractivity contribution is 0.0686. The van der Waals surface area contributed by atoms with Gasteiger partial charge in [-0.05, 0) is 25.1 Å². The second kappa shape index (κ2) is 3.79. The molecule has 3 nitrogen and oxygen atoms in total. The minimum atomic E-state index is -1.03. The first-order valence-corrected chi connectivity index (χ1v) is 5.14. The quantitative estimate of drug-likeness (QED) is 0.878. The van der Waals surface area contributed by atoms with Crippen LogP contribution in [0.5, 0.6) is 0 Å². The Morgan fingerprint density at radius 3 is 2.75 bits per heavy atom. The molecule has 0 spiro atoms. The van der Waals surface area contributed by atoms with Crippen LogP contribution in [0.2, 0.25) is 5.02 Å². The monoisotopic (exact) mass is 241 g/mol. The number of carbonyl (C=O) groups is 1. The second-order valence-electron chi connectivity index (χ2n) is 3.40. The zero-order chi connectivity index (χ0) is 11.9. The molecule has 1 heterocycles. The highest BCUT2D eigenvalue weighted by molar-refractivity contribution is 6.31. The highest BCUT2D eigenvalue weighted by Crippen LogP contribution is 2.26. The zero-order valence-corrected chi connectivity index (χ0v) is 9.25. The largest absolute Gasteiger partial charge is 0.477 e. The molecule has 1 aromatic heterocycles. The molecule has 5 heteroatoms. The third-order valence-electron chi connectivity index (χ3n) is 2.48. The maximum absolute atomic E-state index is 13.2. The summed E-state index contributed by atoms with van der Waals surface area (Å²) in [6.45, 7) is 2.32. The first-order valence-electron chi connectivity index (χ1n) is 4.76. The lowest BCUT2D eigenvalue weighted by atomic mass is 10.2. The molecule has 0 amide bonds.